The van der Waals surface area contributed by atoms with Crippen LogP contribution in [-0.4, -0.2) is 44.8 Å². The first kappa shape index (κ1) is 30.8. The van der Waals surface area contributed by atoms with Crippen molar-refractivity contribution in [3.05, 3.63) is 24.3 Å². The number of carbonyl (C=O) groups excluding carboxylic acids is 2. The number of aliphatic hydroxyl groups is 1. The van der Waals surface area contributed by atoms with Gasteiger partial charge in [0.1, 0.15) is 0 Å². The first-order valence-corrected chi connectivity index (χ1v) is 5.43. The van der Waals surface area contributed by atoms with E-state index in [9.17, 15) is 29.4 Å². The fraction of sp³-hybridized carbons (Fsp3) is 0.333. The average molecular weight is 364 g/mol. The second kappa shape index (κ2) is 16.8. The molecular weight excluding hydrogens is 350 g/mol. The van der Waals surface area contributed by atoms with Crippen molar-refractivity contribution < 1.29 is 126 Å². The van der Waals surface area contributed by atoms with Crippen molar-refractivity contribution in [1.29, 1.82) is 0 Å². The van der Waals surface area contributed by atoms with E-state index < -0.39 is 42.3 Å². The molecule has 0 aliphatic carbocycles. The molecule has 0 bridgehead atoms. The summed E-state index contributed by atoms with van der Waals surface area (Å²) in [6, 6.07) is 0. The maximum atomic E-state index is 10.3. The van der Waals surface area contributed by atoms with Crippen LogP contribution in [0, 0.1) is 0 Å². The van der Waals surface area contributed by atoms with E-state index in [1.165, 1.54) is 6.08 Å². The smallest absolute Gasteiger partial charge is 0.550 e. The number of carboxylic acid groups (broad SMARTS) is 4. The summed E-state index contributed by atoms with van der Waals surface area (Å²) in [5.41, 5.74) is -2.80. The third kappa shape index (κ3) is 19.9. The summed E-state index contributed by atoms with van der Waals surface area (Å²) < 4.78 is 0. The molecule has 0 aliphatic heterocycles. The molecule has 0 heterocycles. The van der Waals surface area contributed by atoms with E-state index in [1.807, 2.05) is 0 Å². The van der Waals surface area contributed by atoms with Crippen molar-refractivity contribution in [2.24, 2.45) is 0 Å². The Kier molecular flexibility index (Phi) is 22.5. The van der Waals surface area contributed by atoms with Crippen LogP contribution in [0.3, 0.4) is 0 Å². The standard InChI is InChI=1S/C6H8O7.C6H8O2.K.Na/c7-3(8)1-6(13,5(11)12)2-4(9)10;1-2-3-4-5-6(7)8;;/h13H,1-2H2,(H,7,8)(H,9,10)(H,11,12);2-5H,1H3,(H,7,8);;/q;;2*+1/p-2/b;3-2+,5-4+;;. The molecule has 0 amide bonds. The van der Waals surface area contributed by atoms with Crippen LogP contribution in [0.15, 0.2) is 24.3 Å². The summed E-state index contributed by atoms with van der Waals surface area (Å²) in [6.45, 7) is 1.81. The Morgan fingerprint density at radius 2 is 1.52 bits per heavy atom. The SMILES string of the molecule is C/C=C/C=C/C(=O)[O-].O=C([O-])CC(O)(CC(=O)O)C(=O)O.[K+].[Na+]. The number of rotatable bonds is 7. The van der Waals surface area contributed by atoms with Crippen molar-refractivity contribution in [3.63, 3.8) is 0 Å². The van der Waals surface area contributed by atoms with Gasteiger partial charge in [-0.3, -0.25) is 4.79 Å². The van der Waals surface area contributed by atoms with Gasteiger partial charge in [-0.2, -0.15) is 0 Å². The molecule has 0 aliphatic rings. The second-order valence-corrected chi connectivity index (χ2v) is 3.66. The maximum Gasteiger partial charge on any atom is 1.00 e. The topological polar surface area (TPSA) is 175 Å². The number of carboxylic acids is 4. The third-order valence-corrected chi connectivity index (χ3v) is 1.81. The number of allylic oxidation sites excluding steroid dienone is 3. The Morgan fingerprint density at radius 1 is 1.04 bits per heavy atom. The molecule has 3 N–H and O–H groups in total. The van der Waals surface area contributed by atoms with Gasteiger partial charge in [0.25, 0.3) is 0 Å². The Bertz CT molecular complexity index is 443. The van der Waals surface area contributed by atoms with Crippen LogP contribution < -0.4 is 91.2 Å². The van der Waals surface area contributed by atoms with Gasteiger partial charge in [0.05, 0.1) is 12.4 Å². The van der Waals surface area contributed by atoms with Gasteiger partial charge >= 0.3 is 92.9 Å². The van der Waals surface area contributed by atoms with Crippen LogP contribution in [0.5, 0.6) is 0 Å². The molecule has 1 atom stereocenters. The molecule has 0 saturated carbocycles. The molecule has 0 rings (SSSR count). The van der Waals surface area contributed by atoms with E-state index in [-0.39, 0.29) is 80.9 Å². The average Bonchev–Trinajstić information content (AvgIpc) is 2.27. The molecule has 0 aromatic carbocycles. The minimum absolute atomic E-state index is 0. The fourth-order valence-corrected chi connectivity index (χ4v) is 0.948. The second-order valence-electron chi connectivity index (χ2n) is 3.66. The van der Waals surface area contributed by atoms with Crippen molar-refractivity contribution in [3.8, 4) is 0 Å². The van der Waals surface area contributed by atoms with Gasteiger partial charge in [-0.1, -0.05) is 18.2 Å². The predicted octanol–water partition coefficient (Wildman–Crippen LogP) is -8.71. The largest absolute Gasteiger partial charge is 1.00 e. The van der Waals surface area contributed by atoms with Gasteiger partial charge < -0.3 is 35.1 Å². The van der Waals surface area contributed by atoms with Gasteiger partial charge in [0.15, 0.2) is 5.60 Å². The quantitative estimate of drug-likeness (QED) is 0.225. The van der Waals surface area contributed by atoms with Crippen LogP contribution >= 0.6 is 0 Å². The van der Waals surface area contributed by atoms with Crippen molar-refractivity contribution >= 4 is 23.9 Å². The van der Waals surface area contributed by atoms with Crippen LogP contribution in [0.4, 0.5) is 0 Å². The van der Waals surface area contributed by atoms with Crippen LogP contribution in [0.1, 0.15) is 19.8 Å². The van der Waals surface area contributed by atoms with E-state index in [2.05, 4.69) is 0 Å². The Morgan fingerprint density at radius 3 is 1.78 bits per heavy atom. The molecule has 11 heteroatoms. The summed E-state index contributed by atoms with van der Waals surface area (Å²) in [5, 5.41) is 45.1. The van der Waals surface area contributed by atoms with Gasteiger partial charge in [-0.05, 0) is 13.0 Å². The minimum atomic E-state index is -2.80. The molecule has 23 heavy (non-hydrogen) atoms. The van der Waals surface area contributed by atoms with Crippen LogP contribution in [0.25, 0.3) is 0 Å². The summed E-state index contributed by atoms with van der Waals surface area (Å²) >= 11 is 0. The summed E-state index contributed by atoms with van der Waals surface area (Å²) in [6.07, 6.45) is 3.30. The molecule has 0 saturated heterocycles. The fourth-order valence-electron chi connectivity index (χ4n) is 0.948. The zero-order chi connectivity index (χ0) is 17.1. The molecular formula is C12H14KNaO9. The molecule has 1 unspecified atom stereocenters. The molecule has 0 fully saturated rings. The first-order chi connectivity index (χ1) is 9.55. The minimum Gasteiger partial charge on any atom is -0.550 e. The van der Waals surface area contributed by atoms with E-state index in [4.69, 9.17) is 15.3 Å². The molecule has 9 nitrogen and oxygen atoms in total. The van der Waals surface area contributed by atoms with Gasteiger partial charge in [0, 0.05) is 12.4 Å². The molecule has 0 aromatic rings. The maximum absolute atomic E-state index is 10.3. The van der Waals surface area contributed by atoms with Crippen LogP contribution in [0.2, 0.25) is 0 Å². The summed E-state index contributed by atoms with van der Waals surface area (Å²) in [5.74, 6) is -6.50. The van der Waals surface area contributed by atoms with Gasteiger partial charge in [0.2, 0.25) is 0 Å². The first-order valence-electron chi connectivity index (χ1n) is 5.43. The number of hydrogen-bond acceptors (Lipinski definition) is 7. The molecule has 0 spiro atoms. The van der Waals surface area contributed by atoms with E-state index in [1.54, 1.807) is 19.1 Å². The number of hydrogen-bond donors (Lipinski definition) is 3. The zero-order valence-corrected chi connectivity index (χ0v) is 18.1. The monoisotopic (exact) mass is 364 g/mol. The molecule has 118 valence electrons. The van der Waals surface area contributed by atoms with Crippen molar-refractivity contribution in [2.45, 2.75) is 25.4 Å². The Hall–Kier alpha value is -0.0436. The zero-order valence-electron chi connectivity index (χ0n) is 13.0. The number of aliphatic carboxylic acids is 4. The van der Waals surface area contributed by atoms with Crippen molar-refractivity contribution in [2.75, 3.05) is 0 Å². The molecule has 0 radical (unpaired) electrons. The van der Waals surface area contributed by atoms with Gasteiger partial charge in [-0.15, -0.1) is 0 Å². The Labute approximate surface area is 196 Å². The van der Waals surface area contributed by atoms with E-state index >= 15 is 0 Å². The van der Waals surface area contributed by atoms with Crippen molar-refractivity contribution in [1.82, 2.24) is 0 Å². The third-order valence-electron chi connectivity index (χ3n) is 1.81. The summed E-state index contributed by atoms with van der Waals surface area (Å²) in [7, 11) is 0. The van der Waals surface area contributed by atoms with E-state index in [0.717, 1.165) is 6.08 Å². The van der Waals surface area contributed by atoms with E-state index in [0.29, 0.717) is 0 Å². The van der Waals surface area contributed by atoms with Gasteiger partial charge in [-0.25, -0.2) is 4.79 Å². The summed E-state index contributed by atoms with van der Waals surface area (Å²) in [4.78, 5) is 40.0. The molecule has 0 aromatic heterocycles. The van der Waals surface area contributed by atoms with Crippen LogP contribution in [-0.2, 0) is 19.2 Å². The normalized spacial score (nSPS) is 12.1. The number of carbonyl (C=O) groups is 4. The Balaban J connectivity index is -0.000000158. The predicted molar refractivity (Wildman–Crippen MR) is 63.4 cm³/mol.